The summed E-state index contributed by atoms with van der Waals surface area (Å²) < 4.78 is 0. The highest BCUT2D eigenvalue weighted by molar-refractivity contribution is 5.93. The summed E-state index contributed by atoms with van der Waals surface area (Å²) in [6, 6.07) is 14.9. The van der Waals surface area contributed by atoms with Crippen LogP contribution in [-0.2, 0) is 4.79 Å². The summed E-state index contributed by atoms with van der Waals surface area (Å²) in [5.74, 6) is -0.147. The van der Waals surface area contributed by atoms with Gasteiger partial charge in [-0.1, -0.05) is 36.4 Å². The quantitative estimate of drug-likeness (QED) is 0.666. The molecule has 1 heterocycles. The van der Waals surface area contributed by atoms with Crippen LogP contribution in [0.5, 0.6) is 0 Å². The fourth-order valence-electron chi connectivity index (χ4n) is 3.30. The van der Waals surface area contributed by atoms with E-state index in [2.05, 4.69) is 22.3 Å². The number of aryl methyl sites for hydroxylation is 1. The first-order valence-corrected chi connectivity index (χ1v) is 8.38. The Balaban J connectivity index is 1.68. The van der Waals surface area contributed by atoms with Gasteiger partial charge < -0.3 is 5.32 Å². The Morgan fingerprint density at radius 1 is 1.28 bits per heavy atom. The number of nitro benzene ring substituents is 1. The molecule has 1 aliphatic rings. The zero-order valence-corrected chi connectivity index (χ0v) is 14.1. The van der Waals surface area contributed by atoms with Crippen LogP contribution < -0.4 is 5.32 Å². The number of rotatable bonds is 5. The maximum Gasteiger partial charge on any atom is 0.271 e. The number of nitrogens with zero attached hydrogens (tertiary/aromatic N) is 2. The molecule has 1 atom stereocenters. The van der Waals surface area contributed by atoms with Gasteiger partial charge in [0.15, 0.2) is 0 Å². The Morgan fingerprint density at radius 2 is 2.04 bits per heavy atom. The van der Waals surface area contributed by atoms with Crippen molar-refractivity contribution in [3.63, 3.8) is 0 Å². The number of likely N-dealkylation sites (tertiary alicyclic amines) is 1. The van der Waals surface area contributed by atoms with Gasteiger partial charge in [0.1, 0.15) is 0 Å². The van der Waals surface area contributed by atoms with Crippen LogP contribution >= 0.6 is 0 Å². The molecule has 3 rings (SSSR count). The highest BCUT2D eigenvalue weighted by atomic mass is 16.6. The van der Waals surface area contributed by atoms with E-state index < -0.39 is 4.92 Å². The monoisotopic (exact) mass is 339 g/mol. The number of nitro groups is 1. The number of non-ortho nitro benzene ring substituents is 1. The summed E-state index contributed by atoms with van der Waals surface area (Å²) in [5.41, 5.74) is 2.50. The molecule has 0 aliphatic carbocycles. The smallest absolute Gasteiger partial charge is 0.271 e. The van der Waals surface area contributed by atoms with Gasteiger partial charge in [-0.05, 0) is 37.4 Å². The Bertz CT molecular complexity index is 777. The highest BCUT2D eigenvalue weighted by Crippen LogP contribution is 2.31. The third-order valence-electron chi connectivity index (χ3n) is 4.60. The molecule has 0 unspecified atom stereocenters. The number of carbonyl (C=O) groups excluding carboxylic acids is 1. The second kappa shape index (κ2) is 7.44. The lowest BCUT2D eigenvalue weighted by atomic mass is 10.0. The molecule has 6 heteroatoms. The molecule has 25 heavy (non-hydrogen) atoms. The fraction of sp³-hybridized carbons (Fsp3) is 0.316. The molecule has 130 valence electrons. The van der Waals surface area contributed by atoms with E-state index in [-0.39, 0.29) is 24.2 Å². The fourth-order valence-corrected chi connectivity index (χ4v) is 3.30. The number of benzene rings is 2. The standard InChI is InChI=1S/C19H21N3O3/c1-14-9-10-16(22(24)25)12-17(14)20-19(23)13-21-11-5-8-18(21)15-6-3-2-4-7-15/h2-4,6-7,9-10,12,18H,5,8,11,13H2,1H3,(H,20,23)/t18-/m1/s1. The number of carbonyl (C=O) groups is 1. The molecule has 1 fully saturated rings. The molecule has 0 radical (unpaired) electrons. The first kappa shape index (κ1) is 17.1. The van der Waals surface area contributed by atoms with E-state index in [1.165, 1.54) is 17.7 Å². The number of hydrogen-bond donors (Lipinski definition) is 1. The summed E-state index contributed by atoms with van der Waals surface area (Å²) >= 11 is 0. The van der Waals surface area contributed by atoms with Gasteiger partial charge in [-0.15, -0.1) is 0 Å². The van der Waals surface area contributed by atoms with E-state index in [0.717, 1.165) is 24.9 Å². The van der Waals surface area contributed by atoms with Gasteiger partial charge in [0, 0.05) is 18.2 Å². The van der Waals surface area contributed by atoms with Gasteiger partial charge in [-0.25, -0.2) is 0 Å². The predicted octanol–water partition coefficient (Wildman–Crippen LogP) is 3.68. The van der Waals surface area contributed by atoms with Crippen molar-refractivity contribution in [3.05, 3.63) is 69.8 Å². The molecule has 0 saturated carbocycles. The molecular formula is C19H21N3O3. The molecule has 0 aromatic heterocycles. The summed E-state index contributed by atoms with van der Waals surface area (Å²) in [4.78, 5) is 25.1. The predicted molar refractivity (Wildman–Crippen MR) is 96.5 cm³/mol. The van der Waals surface area contributed by atoms with Gasteiger partial charge in [-0.3, -0.25) is 19.8 Å². The molecule has 2 aromatic carbocycles. The van der Waals surface area contributed by atoms with Crippen LogP contribution in [0.15, 0.2) is 48.5 Å². The van der Waals surface area contributed by atoms with Crippen LogP contribution in [0.4, 0.5) is 11.4 Å². The lowest BCUT2D eigenvalue weighted by Crippen LogP contribution is -2.33. The van der Waals surface area contributed by atoms with Crippen molar-refractivity contribution < 1.29 is 9.72 Å². The van der Waals surface area contributed by atoms with E-state index in [1.807, 2.05) is 25.1 Å². The lowest BCUT2D eigenvalue weighted by Gasteiger charge is -2.24. The average molecular weight is 339 g/mol. The normalized spacial score (nSPS) is 17.4. The molecule has 2 aromatic rings. The number of anilines is 1. The number of nitrogens with one attached hydrogen (secondary N) is 1. The van der Waals surface area contributed by atoms with Crippen molar-refractivity contribution in [2.45, 2.75) is 25.8 Å². The molecule has 6 nitrogen and oxygen atoms in total. The van der Waals surface area contributed by atoms with Gasteiger partial charge >= 0.3 is 0 Å². The van der Waals surface area contributed by atoms with Crippen molar-refractivity contribution in [2.24, 2.45) is 0 Å². The van der Waals surface area contributed by atoms with Crippen LogP contribution in [0, 0.1) is 17.0 Å². The second-order valence-corrected chi connectivity index (χ2v) is 6.34. The number of amides is 1. The summed E-state index contributed by atoms with van der Waals surface area (Å²) in [6.45, 7) is 2.98. The zero-order valence-electron chi connectivity index (χ0n) is 14.1. The van der Waals surface area contributed by atoms with Crippen molar-refractivity contribution >= 4 is 17.3 Å². The van der Waals surface area contributed by atoms with Crippen molar-refractivity contribution in [3.8, 4) is 0 Å². The molecule has 0 spiro atoms. The van der Waals surface area contributed by atoms with Gasteiger partial charge in [0.2, 0.25) is 5.91 Å². The van der Waals surface area contributed by atoms with Crippen molar-refractivity contribution in [1.82, 2.24) is 4.90 Å². The molecule has 1 saturated heterocycles. The Kier molecular flexibility index (Phi) is 5.09. The van der Waals surface area contributed by atoms with E-state index in [0.29, 0.717) is 5.69 Å². The minimum absolute atomic E-state index is 0.0239. The largest absolute Gasteiger partial charge is 0.324 e. The Labute approximate surface area is 146 Å². The molecule has 0 bridgehead atoms. The van der Waals surface area contributed by atoms with Gasteiger partial charge in [-0.2, -0.15) is 0 Å². The zero-order chi connectivity index (χ0) is 17.8. The molecule has 1 aliphatic heterocycles. The van der Waals surface area contributed by atoms with Crippen LogP contribution in [0.2, 0.25) is 0 Å². The summed E-state index contributed by atoms with van der Waals surface area (Å²) in [6.07, 6.45) is 2.09. The van der Waals surface area contributed by atoms with E-state index in [4.69, 9.17) is 0 Å². The van der Waals surface area contributed by atoms with Gasteiger partial charge in [0.05, 0.1) is 17.2 Å². The molecular weight excluding hydrogens is 318 g/mol. The first-order chi connectivity index (χ1) is 12.0. The maximum absolute atomic E-state index is 12.5. The van der Waals surface area contributed by atoms with Gasteiger partial charge in [0.25, 0.3) is 5.69 Å². The first-order valence-electron chi connectivity index (χ1n) is 8.38. The highest BCUT2D eigenvalue weighted by Gasteiger charge is 2.27. The third-order valence-corrected chi connectivity index (χ3v) is 4.60. The van der Waals surface area contributed by atoms with E-state index in [1.54, 1.807) is 6.07 Å². The minimum Gasteiger partial charge on any atom is -0.324 e. The van der Waals surface area contributed by atoms with Crippen LogP contribution in [0.1, 0.15) is 30.0 Å². The summed E-state index contributed by atoms with van der Waals surface area (Å²) in [7, 11) is 0. The topological polar surface area (TPSA) is 75.5 Å². The Morgan fingerprint density at radius 3 is 2.76 bits per heavy atom. The molecule has 1 N–H and O–H groups in total. The van der Waals surface area contributed by atoms with E-state index >= 15 is 0 Å². The third kappa shape index (κ3) is 4.03. The maximum atomic E-state index is 12.5. The van der Waals surface area contributed by atoms with E-state index in [9.17, 15) is 14.9 Å². The number of hydrogen-bond acceptors (Lipinski definition) is 4. The van der Waals surface area contributed by atoms with Crippen LogP contribution in [0.25, 0.3) is 0 Å². The second-order valence-electron chi connectivity index (χ2n) is 6.34. The lowest BCUT2D eigenvalue weighted by molar-refractivity contribution is -0.384. The van der Waals surface area contributed by atoms with Crippen molar-refractivity contribution in [1.29, 1.82) is 0 Å². The van der Waals surface area contributed by atoms with Crippen LogP contribution in [-0.4, -0.2) is 28.8 Å². The summed E-state index contributed by atoms with van der Waals surface area (Å²) in [5, 5.41) is 13.7. The Hall–Kier alpha value is -2.73. The van der Waals surface area contributed by atoms with Crippen molar-refractivity contribution in [2.75, 3.05) is 18.4 Å². The van der Waals surface area contributed by atoms with Crippen LogP contribution in [0.3, 0.4) is 0 Å². The minimum atomic E-state index is -0.457. The average Bonchev–Trinajstić information content (AvgIpc) is 3.05. The molecule has 1 amide bonds. The SMILES string of the molecule is Cc1ccc([N+](=O)[O-])cc1NC(=O)CN1CCC[C@@H]1c1ccccc1.